The maximum Gasteiger partial charge on any atom is 0.431 e. The van der Waals surface area contributed by atoms with E-state index in [0.29, 0.717) is 36.4 Å². The molecule has 1 unspecified atom stereocenters. The summed E-state index contributed by atoms with van der Waals surface area (Å²) in [7, 11) is 2.90. The zero-order valence-corrected chi connectivity index (χ0v) is 57.9. The summed E-state index contributed by atoms with van der Waals surface area (Å²) in [6.07, 6.45) is 4.22. The number of carboxylic acids is 1. The minimum Gasteiger partial charge on any atom is -0.478 e. The molecular weight excluding hydrogens is 1260 g/mol. The van der Waals surface area contributed by atoms with E-state index in [9.17, 15) is 56.4 Å². The summed E-state index contributed by atoms with van der Waals surface area (Å²) in [4.78, 5) is 81.4. The number of nitriles is 1. The van der Waals surface area contributed by atoms with Crippen LogP contribution in [-0.4, -0.2) is 128 Å². The number of aliphatic hydroxyl groups is 1. The zero-order valence-electron chi connectivity index (χ0n) is 57.0. The first-order valence-corrected chi connectivity index (χ1v) is 32.0. The van der Waals surface area contributed by atoms with E-state index in [1.807, 2.05) is 24.3 Å². The van der Waals surface area contributed by atoms with Gasteiger partial charge in [0.1, 0.15) is 42.6 Å². The average molecular weight is 1350 g/mol. The molecule has 1 atom stereocenters. The smallest absolute Gasteiger partial charge is 0.431 e. The Morgan fingerprint density at radius 3 is 1.24 bits per heavy atom. The number of benzene rings is 6. The van der Waals surface area contributed by atoms with E-state index >= 15 is 0 Å². The zero-order chi connectivity index (χ0) is 72.4. The van der Waals surface area contributed by atoms with Gasteiger partial charge < -0.3 is 35.6 Å². The second-order valence-corrected chi connectivity index (χ2v) is 24.4. The van der Waals surface area contributed by atoms with Gasteiger partial charge in [-0.25, -0.2) is 32.1 Å². The number of carboxylic acid groups (broad SMARTS) is 1. The number of esters is 2. The predicted molar refractivity (Wildman–Crippen MR) is 361 cm³/mol. The number of quaternary nitrogens is 1. The molecule has 8 rings (SSSR count). The SMILES string of the molecule is CCOP(=O)(C#N)OCC.Cc1c(C)c(C)c(COC(=O)c2ccc([18F])cc2)c(C)c1C.Cc1c(C)c(C)c(COC(=O)c2ccc([N+](C)(C)C)cc2)c(C)c1C.NCCN1C(=O)C=CC1=O.O=C(NCCN1C(=O)C=CC1O)c1ccc([18F])cc1.O=C(O)c1ccc([18F])cc1. The molecule has 0 radical (unpaired) electrons. The van der Waals surface area contributed by atoms with E-state index in [1.54, 1.807) is 13.8 Å². The number of aliphatic hydroxyl groups excluding tert-OH is 1. The second kappa shape index (κ2) is 38.2. The van der Waals surface area contributed by atoms with Crippen LogP contribution in [0.25, 0.3) is 0 Å². The quantitative estimate of drug-likeness (QED) is 0.0269. The summed E-state index contributed by atoms with van der Waals surface area (Å²) in [6, 6.07) is 22.8. The molecule has 2 aliphatic rings. The first-order chi connectivity index (χ1) is 45.1. The van der Waals surface area contributed by atoms with Crippen LogP contribution in [0.4, 0.5) is 18.9 Å². The molecule has 2 heterocycles. The summed E-state index contributed by atoms with van der Waals surface area (Å²) in [5, 5.41) is 28.7. The lowest BCUT2D eigenvalue weighted by Gasteiger charge is -2.23. The Labute approximate surface area is 559 Å². The number of imide groups is 1. The number of nitrogens with zero attached hydrogens (tertiary/aromatic N) is 4. The van der Waals surface area contributed by atoms with Crippen LogP contribution in [-0.2, 0) is 50.7 Å². The number of hydrogen-bond donors (Lipinski definition) is 4. The van der Waals surface area contributed by atoms with Crippen LogP contribution in [0.1, 0.15) is 122 Å². The number of carbonyl (C=O) groups excluding carboxylic acids is 6. The summed E-state index contributed by atoms with van der Waals surface area (Å²) in [6.45, 7) is 26.4. The fourth-order valence-electron chi connectivity index (χ4n) is 9.20. The molecule has 0 saturated heterocycles. The third kappa shape index (κ3) is 24.1. The Balaban J connectivity index is 0.000000312. The van der Waals surface area contributed by atoms with Crippen molar-refractivity contribution in [2.45, 2.75) is 103 Å². The molecule has 0 saturated carbocycles. The number of amides is 4. The van der Waals surface area contributed by atoms with Crippen molar-refractivity contribution in [1.29, 1.82) is 5.26 Å². The van der Waals surface area contributed by atoms with Crippen molar-refractivity contribution in [1.82, 2.24) is 19.6 Å². The van der Waals surface area contributed by atoms with Crippen LogP contribution in [0.3, 0.4) is 0 Å². The Morgan fingerprint density at radius 1 is 0.562 bits per heavy atom. The molecule has 0 aromatic heterocycles. The van der Waals surface area contributed by atoms with E-state index in [-0.39, 0.29) is 73.9 Å². The molecule has 6 aromatic carbocycles. The number of rotatable bonds is 18. The fourth-order valence-corrected chi connectivity index (χ4v) is 10.1. The lowest BCUT2D eigenvalue weighted by molar-refractivity contribution is -0.136. The molecular formula is C72H87F3N6O14P+. The highest BCUT2D eigenvalue weighted by atomic mass is 31.2. The number of aromatic carboxylic acids is 1. The van der Waals surface area contributed by atoms with E-state index < -0.39 is 37.4 Å². The third-order valence-corrected chi connectivity index (χ3v) is 17.2. The van der Waals surface area contributed by atoms with Crippen molar-refractivity contribution in [3.63, 3.8) is 0 Å². The van der Waals surface area contributed by atoms with Crippen LogP contribution in [0, 0.1) is 97.8 Å². The van der Waals surface area contributed by atoms with Gasteiger partial charge in [-0.1, -0.05) is 0 Å². The number of hydrogen-bond acceptors (Lipinski definition) is 15. The highest BCUT2D eigenvalue weighted by Gasteiger charge is 2.25. The van der Waals surface area contributed by atoms with Gasteiger partial charge >= 0.3 is 25.5 Å². The Bertz CT molecular complexity index is 3780. The number of halogens is 3. The topological polar surface area (TPSA) is 282 Å². The van der Waals surface area contributed by atoms with Crippen molar-refractivity contribution in [3.8, 4) is 5.81 Å². The van der Waals surface area contributed by atoms with Crippen molar-refractivity contribution in [2.75, 3.05) is 60.5 Å². The van der Waals surface area contributed by atoms with Crippen molar-refractivity contribution < 1.29 is 80.0 Å². The molecule has 0 bridgehead atoms. The summed E-state index contributed by atoms with van der Waals surface area (Å²) >= 11 is 0. The monoisotopic (exact) mass is 1340 g/mol. The van der Waals surface area contributed by atoms with Crippen LogP contribution in [0.5, 0.6) is 0 Å². The van der Waals surface area contributed by atoms with Crippen LogP contribution in [0.2, 0.25) is 0 Å². The van der Waals surface area contributed by atoms with Gasteiger partial charge in [0.15, 0.2) is 5.81 Å². The van der Waals surface area contributed by atoms with Crippen molar-refractivity contribution in [3.05, 3.63) is 228 Å². The lowest BCUT2D eigenvalue weighted by Crippen LogP contribution is -2.40. The molecule has 96 heavy (non-hydrogen) atoms. The normalized spacial score (nSPS) is 12.9. The highest BCUT2D eigenvalue weighted by Crippen LogP contribution is 2.46. The van der Waals surface area contributed by atoms with E-state index in [4.69, 9.17) is 25.6 Å². The minimum atomic E-state index is -3.39. The summed E-state index contributed by atoms with van der Waals surface area (Å²) < 4.78 is 69.6. The Kier molecular flexibility index (Phi) is 32.2. The van der Waals surface area contributed by atoms with Crippen LogP contribution < -0.4 is 15.5 Å². The maximum absolute atomic E-state index is 12.9. The minimum absolute atomic E-state index is 0.0985. The number of ether oxygens (including phenoxy) is 2. The molecule has 5 N–H and O–H groups in total. The van der Waals surface area contributed by atoms with Gasteiger partial charge in [0.2, 0.25) is 5.91 Å². The van der Waals surface area contributed by atoms with Gasteiger partial charge in [-0.3, -0.25) is 37.6 Å². The molecule has 514 valence electrons. The van der Waals surface area contributed by atoms with Gasteiger partial charge in [0.25, 0.3) is 17.7 Å². The molecule has 0 aliphatic carbocycles. The third-order valence-electron chi connectivity index (χ3n) is 15.8. The van der Waals surface area contributed by atoms with Crippen LogP contribution in [0.15, 0.2) is 121 Å². The van der Waals surface area contributed by atoms with Gasteiger partial charge in [-0.2, -0.15) is 5.26 Å². The summed E-state index contributed by atoms with van der Waals surface area (Å²) in [5.74, 6) is -2.64. The molecule has 6 aromatic rings. The molecule has 20 nitrogen and oxygen atoms in total. The number of nitrogens with one attached hydrogen (secondary N) is 1. The van der Waals surface area contributed by atoms with Crippen molar-refractivity contribution in [2.24, 2.45) is 5.73 Å². The second-order valence-electron chi connectivity index (χ2n) is 22.7. The van der Waals surface area contributed by atoms with Crippen LogP contribution >= 0.6 is 7.60 Å². The van der Waals surface area contributed by atoms with Gasteiger partial charge in [-0.05, 0) is 253 Å². The first kappa shape index (κ1) is 80.8. The predicted octanol–water partition coefficient (Wildman–Crippen LogP) is 11.9. The largest absolute Gasteiger partial charge is 0.478 e. The van der Waals surface area contributed by atoms with Gasteiger partial charge in [-0.15, -0.1) is 0 Å². The molecule has 0 spiro atoms. The average Bonchev–Trinajstić information content (AvgIpc) is 1.03. The fraction of sp³-hybridized carbons (Fsp3) is 0.333. The standard InChI is InChI=1S/C22H30NO2.C19H21FO2.C13H13FN2O3.C7H5FO2.C6H8N2O2.C5H10NO3P/c1-14-15(2)17(4)21(18(5)16(14)3)13-25-22(24)19-9-11-20(12-10-19)23(6,7)8;1-11-12(2)14(4)18(15(5)13(11)3)10-22-19(21)16-6-8-17(20)9-7-16;14-10-3-1-9(2-4-10)13(19)15-7-8-16-11(17)5-6-12(16)18;8-6-3-1-5(2-4-6)7(9)10;7-3-4-8-5(9)1-2-6(8)10;1-3-8-10(7,5-6)9-4-2/h9-12H,13H2,1-8H3;6-9H,10H2,1-5H3;1-6,11,17H,7-8H2,(H,15,19);1-4H,(H,9,10);1-2H,3-4,7H2;3-4H2,1-2H3/q+1;;;;;/i;20-1;14-1;8-1;;. The first-order valence-electron chi connectivity index (χ1n) is 30.4. The highest BCUT2D eigenvalue weighted by molar-refractivity contribution is 7.59. The van der Waals surface area contributed by atoms with E-state index in [2.05, 4.69) is 105 Å². The van der Waals surface area contributed by atoms with Gasteiger partial charge in [0.05, 0.1) is 51.0 Å². The molecule has 2 aliphatic heterocycles. The van der Waals surface area contributed by atoms with Gasteiger partial charge in [0, 0.05) is 50.0 Å². The molecule has 24 heteroatoms. The Morgan fingerprint density at radius 2 is 0.917 bits per heavy atom. The maximum atomic E-state index is 12.9. The number of nitrogens with two attached hydrogens (primary N) is 1. The number of carbonyl (C=O) groups is 7. The van der Waals surface area contributed by atoms with Crippen molar-refractivity contribution >= 4 is 54.8 Å². The molecule has 0 fully saturated rings. The van der Waals surface area contributed by atoms with E-state index in [0.717, 1.165) is 49.5 Å². The van der Waals surface area contributed by atoms with E-state index in [1.165, 1.54) is 140 Å². The summed E-state index contributed by atoms with van der Waals surface area (Å²) in [5.41, 5.74) is 22.2. The Hall–Kier alpha value is -9.40. The molecule has 4 amide bonds. The lowest BCUT2D eigenvalue weighted by atomic mass is 9.90.